The Morgan fingerprint density at radius 2 is 2.10 bits per heavy atom. The molecule has 1 aliphatic rings. The highest BCUT2D eigenvalue weighted by Gasteiger charge is 2.37. The number of aliphatic hydroxyl groups is 1. The van der Waals surface area contributed by atoms with Crippen molar-refractivity contribution in [3.8, 4) is 0 Å². The first kappa shape index (κ1) is 7.54. The third-order valence-corrected chi connectivity index (χ3v) is 2.23. The van der Waals surface area contributed by atoms with E-state index in [1.165, 1.54) is 0 Å². The van der Waals surface area contributed by atoms with Gasteiger partial charge < -0.3 is 10.2 Å². The first-order valence-corrected chi connectivity index (χ1v) is 3.54. The Kier molecular flexibility index (Phi) is 1.94. The maximum Gasteiger partial charge on any atom is 0.309 e. The van der Waals surface area contributed by atoms with E-state index in [0.717, 1.165) is 6.42 Å². The van der Waals surface area contributed by atoms with Crippen LogP contribution in [0.1, 0.15) is 19.8 Å². The van der Waals surface area contributed by atoms with Crippen LogP contribution in [0.25, 0.3) is 0 Å². The summed E-state index contributed by atoms with van der Waals surface area (Å²) in [5.74, 6) is -1.26. The van der Waals surface area contributed by atoms with Crippen molar-refractivity contribution in [2.24, 2.45) is 11.8 Å². The van der Waals surface area contributed by atoms with Crippen LogP contribution in [-0.2, 0) is 4.79 Å². The third-order valence-electron chi connectivity index (χ3n) is 2.23. The van der Waals surface area contributed by atoms with E-state index in [2.05, 4.69) is 0 Å². The molecule has 3 heteroatoms. The summed E-state index contributed by atoms with van der Waals surface area (Å²) in [5, 5.41) is 17.7. The summed E-state index contributed by atoms with van der Waals surface area (Å²) < 4.78 is 0. The Hall–Kier alpha value is -0.570. The molecule has 1 rings (SSSR count). The number of carbonyl (C=O) groups is 1. The quantitative estimate of drug-likeness (QED) is 0.562. The van der Waals surface area contributed by atoms with E-state index < -0.39 is 18.0 Å². The van der Waals surface area contributed by atoms with Crippen LogP contribution in [0.4, 0.5) is 0 Å². The van der Waals surface area contributed by atoms with Crippen LogP contribution in [0, 0.1) is 11.8 Å². The van der Waals surface area contributed by atoms with Crippen molar-refractivity contribution in [1.29, 1.82) is 0 Å². The lowest BCUT2D eigenvalue weighted by Crippen LogP contribution is -2.26. The molecular formula is C7H12O3. The highest BCUT2D eigenvalue weighted by atomic mass is 16.4. The van der Waals surface area contributed by atoms with Gasteiger partial charge in [-0.25, -0.2) is 0 Å². The second-order valence-electron chi connectivity index (χ2n) is 2.99. The fraction of sp³-hybridized carbons (Fsp3) is 0.857. The molecule has 0 aromatic heterocycles. The second-order valence-corrected chi connectivity index (χ2v) is 2.99. The topological polar surface area (TPSA) is 57.5 Å². The zero-order chi connectivity index (χ0) is 7.72. The molecule has 0 unspecified atom stereocenters. The number of aliphatic hydroxyl groups excluding tert-OH is 1. The summed E-state index contributed by atoms with van der Waals surface area (Å²) in [6, 6.07) is 0. The van der Waals surface area contributed by atoms with Crippen molar-refractivity contribution >= 4 is 5.97 Å². The molecule has 0 amide bonds. The van der Waals surface area contributed by atoms with Crippen LogP contribution in [0.3, 0.4) is 0 Å². The number of rotatable bonds is 1. The molecule has 0 spiro atoms. The smallest absolute Gasteiger partial charge is 0.309 e. The molecule has 1 aliphatic carbocycles. The van der Waals surface area contributed by atoms with E-state index in [-0.39, 0.29) is 5.92 Å². The minimum absolute atomic E-state index is 0.132. The average Bonchev–Trinajstić information content (AvgIpc) is 2.11. The summed E-state index contributed by atoms with van der Waals surface area (Å²) in [7, 11) is 0. The number of aliphatic carboxylic acids is 1. The SMILES string of the molecule is C[C@@H]1CC[C@@H](O)[C@H]1C(=O)O. The molecule has 0 saturated heterocycles. The molecule has 0 aliphatic heterocycles. The van der Waals surface area contributed by atoms with E-state index in [9.17, 15) is 4.79 Å². The lowest BCUT2D eigenvalue weighted by Gasteiger charge is -2.12. The molecule has 2 N–H and O–H groups in total. The zero-order valence-corrected chi connectivity index (χ0v) is 5.95. The standard InChI is InChI=1S/C7H12O3/c1-4-2-3-5(8)6(4)7(9)10/h4-6,8H,2-3H2,1H3,(H,9,10)/t4-,5-,6+/m1/s1. The number of carboxylic acid groups (broad SMARTS) is 1. The summed E-state index contributed by atoms with van der Waals surface area (Å²) in [5.41, 5.74) is 0. The molecule has 1 fully saturated rings. The molecule has 3 atom stereocenters. The molecule has 1 saturated carbocycles. The summed E-state index contributed by atoms with van der Waals surface area (Å²) in [6.45, 7) is 1.87. The predicted molar refractivity (Wildman–Crippen MR) is 35.5 cm³/mol. The maximum absolute atomic E-state index is 10.5. The van der Waals surface area contributed by atoms with Crippen molar-refractivity contribution in [1.82, 2.24) is 0 Å². The van der Waals surface area contributed by atoms with Crippen LogP contribution in [0.5, 0.6) is 0 Å². The molecular weight excluding hydrogens is 132 g/mol. The molecule has 10 heavy (non-hydrogen) atoms. The lowest BCUT2D eigenvalue weighted by molar-refractivity contribution is -0.146. The van der Waals surface area contributed by atoms with E-state index in [1.54, 1.807) is 0 Å². The normalized spacial score (nSPS) is 40.0. The van der Waals surface area contributed by atoms with Crippen molar-refractivity contribution in [2.45, 2.75) is 25.9 Å². The number of carboxylic acids is 1. The molecule has 0 aromatic rings. The van der Waals surface area contributed by atoms with E-state index >= 15 is 0 Å². The van der Waals surface area contributed by atoms with E-state index in [4.69, 9.17) is 10.2 Å². The molecule has 0 heterocycles. The molecule has 0 bridgehead atoms. The summed E-state index contributed by atoms with van der Waals surface area (Å²) in [4.78, 5) is 10.5. The van der Waals surface area contributed by atoms with Crippen LogP contribution in [0.15, 0.2) is 0 Å². The molecule has 58 valence electrons. The van der Waals surface area contributed by atoms with Gasteiger partial charge in [-0.2, -0.15) is 0 Å². The van der Waals surface area contributed by atoms with Crippen LogP contribution < -0.4 is 0 Å². The van der Waals surface area contributed by atoms with Gasteiger partial charge in [-0.15, -0.1) is 0 Å². The van der Waals surface area contributed by atoms with Gasteiger partial charge in [-0.1, -0.05) is 6.92 Å². The fourth-order valence-electron chi connectivity index (χ4n) is 1.58. The van der Waals surface area contributed by atoms with E-state index in [0.29, 0.717) is 6.42 Å². The summed E-state index contributed by atoms with van der Waals surface area (Å²) in [6.07, 6.45) is 0.850. The Balaban J connectivity index is 2.63. The molecule has 0 radical (unpaired) electrons. The highest BCUT2D eigenvalue weighted by molar-refractivity contribution is 5.71. The van der Waals surface area contributed by atoms with Gasteiger partial charge in [0.2, 0.25) is 0 Å². The van der Waals surface area contributed by atoms with Crippen molar-refractivity contribution in [3.05, 3.63) is 0 Å². The van der Waals surface area contributed by atoms with Gasteiger partial charge in [0.1, 0.15) is 0 Å². The number of hydrogen-bond acceptors (Lipinski definition) is 2. The predicted octanol–water partition coefficient (Wildman–Crippen LogP) is 0.478. The number of hydrogen-bond donors (Lipinski definition) is 2. The summed E-state index contributed by atoms with van der Waals surface area (Å²) >= 11 is 0. The zero-order valence-electron chi connectivity index (χ0n) is 5.95. The molecule has 3 nitrogen and oxygen atoms in total. The Morgan fingerprint density at radius 3 is 2.30 bits per heavy atom. The fourth-order valence-corrected chi connectivity index (χ4v) is 1.58. The van der Waals surface area contributed by atoms with E-state index in [1.807, 2.05) is 6.92 Å². The van der Waals surface area contributed by atoms with Gasteiger partial charge in [-0.05, 0) is 18.8 Å². The minimum atomic E-state index is -0.863. The first-order chi connectivity index (χ1) is 4.63. The molecule has 0 aromatic carbocycles. The maximum atomic E-state index is 10.5. The average molecular weight is 144 g/mol. The lowest BCUT2D eigenvalue weighted by atomic mass is 9.97. The second kappa shape index (κ2) is 2.58. The third kappa shape index (κ3) is 1.14. The van der Waals surface area contributed by atoms with Crippen LogP contribution in [0.2, 0.25) is 0 Å². The van der Waals surface area contributed by atoms with Crippen LogP contribution in [-0.4, -0.2) is 22.3 Å². The van der Waals surface area contributed by atoms with Gasteiger partial charge >= 0.3 is 5.97 Å². The largest absolute Gasteiger partial charge is 0.481 e. The van der Waals surface area contributed by atoms with Crippen molar-refractivity contribution in [2.75, 3.05) is 0 Å². The monoisotopic (exact) mass is 144 g/mol. The van der Waals surface area contributed by atoms with Gasteiger partial charge in [0.25, 0.3) is 0 Å². The Labute approximate surface area is 59.7 Å². The van der Waals surface area contributed by atoms with Crippen LogP contribution >= 0.6 is 0 Å². The Bertz CT molecular complexity index is 134. The van der Waals surface area contributed by atoms with Gasteiger partial charge in [0.05, 0.1) is 12.0 Å². The van der Waals surface area contributed by atoms with Crippen molar-refractivity contribution < 1.29 is 15.0 Å². The highest BCUT2D eigenvalue weighted by Crippen LogP contribution is 2.31. The van der Waals surface area contributed by atoms with Gasteiger partial charge in [-0.3, -0.25) is 4.79 Å². The minimum Gasteiger partial charge on any atom is -0.481 e. The Morgan fingerprint density at radius 1 is 1.50 bits per heavy atom. The van der Waals surface area contributed by atoms with Gasteiger partial charge in [0.15, 0.2) is 0 Å². The van der Waals surface area contributed by atoms with Crippen molar-refractivity contribution in [3.63, 3.8) is 0 Å². The van der Waals surface area contributed by atoms with Gasteiger partial charge in [0, 0.05) is 0 Å². The first-order valence-electron chi connectivity index (χ1n) is 3.54.